The van der Waals surface area contributed by atoms with Gasteiger partial charge in [0.2, 0.25) is 0 Å². The van der Waals surface area contributed by atoms with Crippen LogP contribution in [0.1, 0.15) is 36.1 Å². The summed E-state index contributed by atoms with van der Waals surface area (Å²) in [5.41, 5.74) is 0.528. The molecule has 7 heteroatoms. The number of nitrogens with zero attached hydrogens (tertiary/aromatic N) is 4. The molecule has 0 saturated heterocycles. The molecule has 0 saturated carbocycles. The number of nitrogens with one attached hydrogen (secondary N) is 1. The van der Waals surface area contributed by atoms with Crippen LogP contribution in [0.2, 0.25) is 0 Å². The average Bonchev–Trinajstić information content (AvgIpc) is 3.07. The minimum atomic E-state index is -0.451. The van der Waals surface area contributed by atoms with E-state index in [9.17, 15) is 4.79 Å². The summed E-state index contributed by atoms with van der Waals surface area (Å²) in [7, 11) is 0. The van der Waals surface area contributed by atoms with Gasteiger partial charge in [-0.25, -0.2) is 5.84 Å². The van der Waals surface area contributed by atoms with Crippen LogP contribution in [0.4, 0.5) is 0 Å². The third-order valence-electron chi connectivity index (χ3n) is 3.79. The number of hydrogen-bond donors (Lipinski definition) is 2. The molecular formula is C16H18N6O. The first-order valence-electron chi connectivity index (χ1n) is 7.38. The van der Waals surface area contributed by atoms with Crippen LogP contribution in [0.5, 0.6) is 0 Å². The van der Waals surface area contributed by atoms with Gasteiger partial charge in [-0.2, -0.15) is 5.21 Å². The maximum Gasteiger partial charge on any atom is 0.268 e. The number of hydrazine groups is 1. The Morgan fingerprint density at radius 3 is 2.57 bits per heavy atom. The minimum Gasteiger partial charge on any atom is -0.268 e. The lowest BCUT2D eigenvalue weighted by molar-refractivity contribution is 0.0610. The smallest absolute Gasteiger partial charge is 0.268 e. The second-order valence-electron chi connectivity index (χ2n) is 5.73. The topological polar surface area (TPSA) is 101 Å². The van der Waals surface area contributed by atoms with Gasteiger partial charge in [-0.15, -0.1) is 10.2 Å². The van der Waals surface area contributed by atoms with Gasteiger partial charge >= 0.3 is 0 Å². The third kappa shape index (κ3) is 2.91. The van der Waals surface area contributed by atoms with E-state index >= 15 is 0 Å². The Bertz CT molecular complexity index is 814. The van der Waals surface area contributed by atoms with Crippen molar-refractivity contribution in [1.82, 2.24) is 25.6 Å². The summed E-state index contributed by atoms with van der Waals surface area (Å²) in [6, 6.07) is 12.9. The molecule has 0 aliphatic heterocycles. The Hall–Kier alpha value is -2.80. The molecule has 0 radical (unpaired) electrons. The van der Waals surface area contributed by atoms with Crippen LogP contribution in [0.25, 0.3) is 10.8 Å². The molecule has 0 bridgehead atoms. The van der Waals surface area contributed by atoms with Crippen molar-refractivity contribution in [2.45, 2.75) is 19.9 Å². The summed E-state index contributed by atoms with van der Waals surface area (Å²) in [4.78, 5) is 12.7. The average molecular weight is 310 g/mol. The number of carbonyl (C=O) groups is 1. The Morgan fingerprint density at radius 1 is 1.17 bits per heavy atom. The Kier molecular flexibility index (Phi) is 4.03. The SMILES string of the molecule is CC(C)[C@@H](c1nn[nH]n1)N(N)C(=O)c1ccc2ccccc2c1. The van der Waals surface area contributed by atoms with Gasteiger partial charge in [-0.05, 0) is 28.8 Å². The van der Waals surface area contributed by atoms with E-state index in [0.717, 1.165) is 10.8 Å². The Labute approximate surface area is 133 Å². The van der Waals surface area contributed by atoms with Crippen LogP contribution in [0.15, 0.2) is 42.5 Å². The van der Waals surface area contributed by atoms with Crippen molar-refractivity contribution in [3.05, 3.63) is 53.9 Å². The molecular weight excluding hydrogens is 292 g/mol. The highest BCUT2D eigenvalue weighted by atomic mass is 16.2. The van der Waals surface area contributed by atoms with Crippen molar-refractivity contribution in [3.63, 3.8) is 0 Å². The van der Waals surface area contributed by atoms with Gasteiger partial charge < -0.3 is 0 Å². The molecule has 0 unspecified atom stereocenters. The zero-order valence-electron chi connectivity index (χ0n) is 13.0. The molecule has 1 atom stereocenters. The zero-order chi connectivity index (χ0) is 16.4. The fourth-order valence-electron chi connectivity index (χ4n) is 2.64. The van der Waals surface area contributed by atoms with Crippen molar-refractivity contribution < 1.29 is 4.79 Å². The summed E-state index contributed by atoms with van der Waals surface area (Å²) in [5, 5.41) is 17.1. The molecule has 1 amide bonds. The van der Waals surface area contributed by atoms with Crippen LogP contribution in [0, 0.1) is 5.92 Å². The molecule has 118 valence electrons. The van der Waals surface area contributed by atoms with Gasteiger partial charge in [0.25, 0.3) is 5.91 Å². The first-order valence-corrected chi connectivity index (χ1v) is 7.38. The van der Waals surface area contributed by atoms with Crippen LogP contribution in [-0.2, 0) is 0 Å². The molecule has 7 nitrogen and oxygen atoms in total. The largest absolute Gasteiger partial charge is 0.268 e. The summed E-state index contributed by atoms with van der Waals surface area (Å²) in [6.45, 7) is 3.91. The number of nitrogens with two attached hydrogens (primary N) is 1. The molecule has 0 fully saturated rings. The second-order valence-corrected chi connectivity index (χ2v) is 5.73. The van der Waals surface area contributed by atoms with Crippen molar-refractivity contribution in [2.24, 2.45) is 11.8 Å². The standard InChI is InChI=1S/C16H18N6O/c1-10(2)14(15-18-20-21-19-15)22(17)16(23)13-8-7-11-5-3-4-6-12(11)9-13/h3-10,14H,17H2,1-2H3,(H,18,19,20,21)/t14-/m0/s1. The van der Waals surface area contributed by atoms with Crippen molar-refractivity contribution in [2.75, 3.05) is 0 Å². The molecule has 23 heavy (non-hydrogen) atoms. The lowest BCUT2D eigenvalue weighted by Crippen LogP contribution is -2.43. The van der Waals surface area contributed by atoms with Gasteiger partial charge in [0, 0.05) is 5.56 Å². The molecule has 3 N–H and O–H groups in total. The molecule has 1 aromatic heterocycles. The molecule has 1 heterocycles. The maximum atomic E-state index is 12.7. The zero-order valence-corrected chi connectivity index (χ0v) is 13.0. The number of H-pyrrole nitrogens is 1. The number of amides is 1. The number of benzene rings is 2. The number of hydrogen-bond acceptors (Lipinski definition) is 5. The van der Waals surface area contributed by atoms with Crippen molar-refractivity contribution in [3.8, 4) is 0 Å². The van der Waals surface area contributed by atoms with E-state index in [-0.39, 0.29) is 11.8 Å². The summed E-state index contributed by atoms with van der Waals surface area (Å²) in [5.74, 6) is 6.26. The van der Waals surface area contributed by atoms with Gasteiger partial charge in [-0.1, -0.05) is 49.4 Å². The van der Waals surface area contributed by atoms with Crippen LogP contribution in [0.3, 0.4) is 0 Å². The van der Waals surface area contributed by atoms with E-state index in [1.54, 1.807) is 6.07 Å². The highest BCUT2D eigenvalue weighted by Crippen LogP contribution is 2.25. The van der Waals surface area contributed by atoms with Gasteiger partial charge in [0.1, 0.15) is 6.04 Å². The van der Waals surface area contributed by atoms with E-state index in [1.807, 2.05) is 50.2 Å². The minimum absolute atomic E-state index is 0.0435. The van der Waals surface area contributed by atoms with E-state index in [0.29, 0.717) is 11.4 Å². The normalized spacial score (nSPS) is 12.5. The van der Waals surface area contributed by atoms with E-state index in [4.69, 9.17) is 5.84 Å². The molecule has 3 aromatic rings. The highest BCUT2D eigenvalue weighted by Gasteiger charge is 2.29. The fourth-order valence-corrected chi connectivity index (χ4v) is 2.64. The third-order valence-corrected chi connectivity index (χ3v) is 3.79. The fraction of sp³-hybridized carbons (Fsp3) is 0.250. The summed E-state index contributed by atoms with van der Waals surface area (Å²) >= 11 is 0. The van der Waals surface area contributed by atoms with Crippen LogP contribution < -0.4 is 5.84 Å². The monoisotopic (exact) mass is 310 g/mol. The van der Waals surface area contributed by atoms with Crippen LogP contribution >= 0.6 is 0 Å². The Balaban J connectivity index is 1.93. The molecule has 0 aliphatic carbocycles. The number of aromatic nitrogens is 4. The molecule has 0 spiro atoms. The number of rotatable bonds is 4. The first kappa shape index (κ1) is 15.1. The lowest BCUT2D eigenvalue weighted by Gasteiger charge is -2.28. The van der Waals surface area contributed by atoms with Gasteiger partial charge in [0.15, 0.2) is 5.82 Å². The van der Waals surface area contributed by atoms with E-state index < -0.39 is 6.04 Å². The maximum absolute atomic E-state index is 12.7. The number of tetrazole rings is 1. The van der Waals surface area contributed by atoms with Crippen molar-refractivity contribution in [1.29, 1.82) is 0 Å². The molecule has 3 rings (SSSR count). The number of carbonyl (C=O) groups excluding carboxylic acids is 1. The predicted octanol–water partition coefficient (Wildman–Crippen LogP) is 2.07. The molecule has 0 aliphatic rings. The van der Waals surface area contributed by atoms with Gasteiger partial charge in [-0.3, -0.25) is 9.80 Å². The predicted molar refractivity (Wildman–Crippen MR) is 86.1 cm³/mol. The quantitative estimate of drug-likeness (QED) is 0.436. The van der Waals surface area contributed by atoms with E-state index in [2.05, 4.69) is 20.6 Å². The number of aromatic amines is 1. The number of fused-ring (bicyclic) bond motifs is 1. The van der Waals surface area contributed by atoms with Crippen LogP contribution in [-0.4, -0.2) is 31.5 Å². The van der Waals surface area contributed by atoms with Crippen molar-refractivity contribution >= 4 is 16.7 Å². The highest BCUT2D eigenvalue weighted by molar-refractivity contribution is 5.98. The van der Waals surface area contributed by atoms with Gasteiger partial charge in [0.05, 0.1) is 0 Å². The first-order chi connectivity index (χ1) is 11.1. The second kappa shape index (κ2) is 6.13. The Morgan fingerprint density at radius 2 is 1.91 bits per heavy atom. The lowest BCUT2D eigenvalue weighted by atomic mass is 10.0. The summed E-state index contributed by atoms with van der Waals surface area (Å²) in [6.07, 6.45) is 0. The molecule has 2 aromatic carbocycles. The van der Waals surface area contributed by atoms with E-state index in [1.165, 1.54) is 5.01 Å². The summed E-state index contributed by atoms with van der Waals surface area (Å²) < 4.78 is 0.